The number of hydrogen-bond acceptors (Lipinski definition) is 2. The normalized spacial score (nSPS) is 19.2. The summed E-state index contributed by atoms with van der Waals surface area (Å²) >= 11 is 0. The van der Waals surface area contributed by atoms with Crippen molar-refractivity contribution in [3.8, 4) is 0 Å². The number of benzene rings is 3. The van der Waals surface area contributed by atoms with Gasteiger partial charge in [-0.3, -0.25) is 9.59 Å². The van der Waals surface area contributed by atoms with E-state index in [9.17, 15) is 9.59 Å². The van der Waals surface area contributed by atoms with E-state index in [-0.39, 0.29) is 6.04 Å². The molecule has 4 heteroatoms. The van der Waals surface area contributed by atoms with Gasteiger partial charge < -0.3 is 10.2 Å². The standard InChI is InChI=1S/C25H26N2O2/c1-17-6-5-9-22(14-17)26-24(28)25(29)27-16-18(2)10-13-23(27)21-12-11-19-7-3-4-8-20(19)15-21/h3-9,11-12,14-15,18,23H,10,13,16H2,1-2H3,(H,26,28)/t18-,23+/m1/s1. The quantitative estimate of drug-likeness (QED) is 0.624. The maximum atomic E-state index is 13.1. The molecule has 1 N–H and O–H groups in total. The Morgan fingerprint density at radius 1 is 0.931 bits per heavy atom. The number of nitrogens with one attached hydrogen (secondary N) is 1. The van der Waals surface area contributed by atoms with Crippen LogP contribution in [0.15, 0.2) is 66.7 Å². The summed E-state index contributed by atoms with van der Waals surface area (Å²) in [6.07, 6.45) is 1.91. The summed E-state index contributed by atoms with van der Waals surface area (Å²) in [7, 11) is 0. The highest BCUT2D eigenvalue weighted by atomic mass is 16.2. The Morgan fingerprint density at radius 2 is 1.72 bits per heavy atom. The lowest BCUT2D eigenvalue weighted by molar-refractivity contribution is -0.146. The predicted octanol–water partition coefficient (Wildman–Crippen LogP) is 5.09. The maximum Gasteiger partial charge on any atom is 0.313 e. The fourth-order valence-corrected chi connectivity index (χ4v) is 4.18. The average molecular weight is 386 g/mol. The third kappa shape index (κ3) is 4.16. The van der Waals surface area contributed by atoms with Crippen molar-refractivity contribution >= 4 is 28.3 Å². The van der Waals surface area contributed by atoms with Crippen LogP contribution in [0, 0.1) is 12.8 Å². The first-order chi connectivity index (χ1) is 14.0. The fourth-order valence-electron chi connectivity index (χ4n) is 4.18. The smallest absolute Gasteiger partial charge is 0.313 e. The first-order valence-electron chi connectivity index (χ1n) is 10.2. The maximum absolute atomic E-state index is 13.1. The molecular weight excluding hydrogens is 360 g/mol. The molecule has 1 aliphatic rings. The van der Waals surface area contributed by atoms with E-state index in [1.165, 1.54) is 5.39 Å². The van der Waals surface area contributed by atoms with Crippen LogP contribution in [0.4, 0.5) is 5.69 Å². The highest BCUT2D eigenvalue weighted by molar-refractivity contribution is 6.39. The monoisotopic (exact) mass is 386 g/mol. The van der Waals surface area contributed by atoms with Crippen molar-refractivity contribution in [1.82, 2.24) is 4.90 Å². The summed E-state index contributed by atoms with van der Waals surface area (Å²) in [6.45, 7) is 4.69. The van der Waals surface area contributed by atoms with Gasteiger partial charge >= 0.3 is 11.8 Å². The Kier molecular flexibility index (Phi) is 5.34. The minimum Gasteiger partial charge on any atom is -0.327 e. The summed E-state index contributed by atoms with van der Waals surface area (Å²) in [5.41, 5.74) is 2.78. The summed E-state index contributed by atoms with van der Waals surface area (Å²) in [6, 6.07) is 22.0. The summed E-state index contributed by atoms with van der Waals surface area (Å²) in [4.78, 5) is 27.6. The molecule has 2 amide bonds. The van der Waals surface area contributed by atoms with Crippen LogP contribution in [0.2, 0.25) is 0 Å². The van der Waals surface area contributed by atoms with Crippen molar-refractivity contribution in [1.29, 1.82) is 0 Å². The molecule has 3 aromatic carbocycles. The van der Waals surface area contributed by atoms with Gasteiger partial charge in [0.1, 0.15) is 0 Å². The summed E-state index contributed by atoms with van der Waals surface area (Å²) in [5.74, 6) is -0.658. The first kappa shape index (κ1) is 19.2. The zero-order chi connectivity index (χ0) is 20.4. The number of hydrogen-bond donors (Lipinski definition) is 1. The number of fused-ring (bicyclic) bond motifs is 1. The van der Waals surface area contributed by atoms with Gasteiger partial charge in [-0.1, -0.05) is 55.5 Å². The largest absolute Gasteiger partial charge is 0.327 e. The lowest BCUT2D eigenvalue weighted by Gasteiger charge is -2.38. The Hall–Kier alpha value is -3.14. The Morgan fingerprint density at radius 3 is 2.52 bits per heavy atom. The van der Waals surface area contributed by atoms with Gasteiger partial charge in [-0.05, 0) is 65.8 Å². The Balaban J connectivity index is 1.59. The van der Waals surface area contributed by atoms with Gasteiger partial charge in [0.2, 0.25) is 0 Å². The number of carbonyl (C=O) groups is 2. The summed E-state index contributed by atoms with van der Waals surface area (Å²) < 4.78 is 0. The van der Waals surface area contributed by atoms with E-state index in [4.69, 9.17) is 0 Å². The number of nitrogens with zero attached hydrogens (tertiary/aromatic N) is 1. The fraction of sp³-hybridized carbons (Fsp3) is 0.280. The third-order valence-corrected chi connectivity index (χ3v) is 5.71. The van der Waals surface area contributed by atoms with Crippen LogP contribution in [0.3, 0.4) is 0 Å². The number of carbonyl (C=O) groups excluding carboxylic acids is 2. The van der Waals surface area contributed by atoms with Crippen molar-refractivity contribution in [3.05, 3.63) is 77.9 Å². The van der Waals surface area contributed by atoms with Crippen LogP contribution in [0.1, 0.15) is 36.9 Å². The second kappa shape index (κ2) is 8.08. The van der Waals surface area contributed by atoms with E-state index >= 15 is 0 Å². The van der Waals surface area contributed by atoms with Gasteiger partial charge in [0, 0.05) is 12.2 Å². The number of piperidine rings is 1. The molecule has 0 spiro atoms. The van der Waals surface area contributed by atoms with Gasteiger partial charge in [-0.25, -0.2) is 0 Å². The number of aryl methyl sites for hydroxylation is 1. The number of rotatable bonds is 2. The van der Waals surface area contributed by atoms with Gasteiger partial charge in [-0.15, -0.1) is 0 Å². The SMILES string of the molecule is Cc1cccc(NC(=O)C(=O)N2C[C@H](C)CC[C@H]2c2ccc3ccccc3c2)c1. The molecule has 0 radical (unpaired) electrons. The van der Waals surface area contributed by atoms with E-state index in [1.54, 1.807) is 11.0 Å². The number of likely N-dealkylation sites (tertiary alicyclic amines) is 1. The lowest BCUT2D eigenvalue weighted by atomic mass is 9.89. The number of anilines is 1. The lowest BCUT2D eigenvalue weighted by Crippen LogP contribution is -2.46. The van der Waals surface area contributed by atoms with Crippen molar-refractivity contribution in [2.45, 2.75) is 32.7 Å². The van der Waals surface area contributed by atoms with Gasteiger partial charge in [0.25, 0.3) is 0 Å². The van der Waals surface area contributed by atoms with Gasteiger partial charge in [0.05, 0.1) is 6.04 Å². The molecule has 0 aliphatic carbocycles. The van der Waals surface area contributed by atoms with Crippen molar-refractivity contribution in [2.75, 3.05) is 11.9 Å². The molecule has 0 unspecified atom stereocenters. The molecule has 1 saturated heterocycles. The van der Waals surface area contributed by atoms with E-state index in [0.29, 0.717) is 18.2 Å². The van der Waals surface area contributed by atoms with Crippen LogP contribution in [0.5, 0.6) is 0 Å². The van der Waals surface area contributed by atoms with Crippen molar-refractivity contribution < 1.29 is 9.59 Å². The molecule has 29 heavy (non-hydrogen) atoms. The average Bonchev–Trinajstić information content (AvgIpc) is 2.73. The van der Waals surface area contributed by atoms with Crippen LogP contribution in [-0.4, -0.2) is 23.3 Å². The van der Waals surface area contributed by atoms with E-state index in [2.05, 4.69) is 42.6 Å². The predicted molar refractivity (Wildman–Crippen MR) is 117 cm³/mol. The zero-order valence-electron chi connectivity index (χ0n) is 16.9. The van der Waals surface area contributed by atoms with E-state index in [0.717, 1.165) is 29.4 Å². The zero-order valence-corrected chi connectivity index (χ0v) is 16.9. The minimum atomic E-state index is -0.574. The molecular formula is C25H26N2O2. The van der Waals surface area contributed by atoms with E-state index < -0.39 is 11.8 Å². The number of amides is 2. The second-order valence-electron chi connectivity index (χ2n) is 8.09. The molecule has 2 atom stereocenters. The molecule has 3 aromatic rings. The summed E-state index contributed by atoms with van der Waals surface area (Å²) in [5, 5.41) is 5.10. The molecule has 0 saturated carbocycles. The van der Waals surface area contributed by atoms with Gasteiger partial charge in [-0.2, -0.15) is 0 Å². The van der Waals surface area contributed by atoms with Crippen molar-refractivity contribution in [3.63, 3.8) is 0 Å². The molecule has 4 nitrogen and oxygen atoms in total. The second-order valence-corrected chi connectivity index (χ2v) is 8.09. The highest BCUT2D eigenvalue weighted by Crippen LogP contribution is 2.34. The van der Waals surface area contributed by atoms with Crippen LogP contribution >= 0.6 is 0 Å². The van der Waals surface area contributed by atoms with Crippen LogP contribution in [-0.2, 0) is 9.59 Å². The van der Waals surface area contributed by atoms with Crippen LogP contribution in [0.25, 0.3) is 10.8 Å². The first-order valence-corrected chi connectivity index (χ1v) is 10.2. The van der Waals surface area contributed by atoms with Crippen LogP contribution < -0.4 is 5.32 Å². The molecule has 0 aromatic heterocycles. The Labute approximate surface area is 171 Å². The topological polar surface area (TPSA) is 49.4 Å². The van der Waals surface area contributed by atoms with E-state index in [1.807, 2.05) is 37.3 Å². The molecule has 1 heterocycles. The highest BCUT2D eigenvalue weighted by Gasteiger charge is 2.34. The van der Waals surface area contributed by atoms with Gasteiger partial charge in [0.15, 0.2) is 0 Å². The molecule has 0 bridgehead atoms. The minimum absolute atomic E-state index is 0.0773. The molecule has 4 rings (SSSR count). The van der Waals surface area contributed by atoms with Crippen molar-refractivity contribution in [2.24, 2.45) is 5.92 Å². The molecule has 1 fully saturated rings. The Bertz CT molecular complexity index is 1060. The molecule has 1 aliphatic heterocycles. The molecule has 148 valence electrons. The third-order valence-electron chi connectivity index (χ3n) is 5.71.